The van der Waals surface area contributed by atoms with Gasteiger partial charge in [0, 0.05) is 17.3 Å². The number of rotatable bonds is 6. The zero-order chi connectivity index (χ0) is 19.3. The van der Waals surface area contributed by atoms with Crippen molar-refractivity contribution in [1.82, 2.24) is 0 Å². The van der Waals surface area contributed by atoms with Crippen LogP contribution in [0.25, 0.3) is 0 Å². The number of aliphatic hydroxyl groups is 1. The topological polar surface area (TPSA) is 85.2 Å². The number of hydrogen-bond acceptors (Lipinski definition) is 6. The summed E-state index contributed by atoms with van der Waals surface area (Å²) in [5.74, 6) is -2.26. The Kier molecular flexibility index (Phi) is 6.69. The third-order valence-electron chi connectivity index (χ3n) is 4.14. The van der Waals surface area contributed by atoms with E-state index in [1.54, 1.807) is 27.7 Å². The molecule has 1 aliphatic heterocycles. The van der Waals surface area contributed by atoms with Crippen LogP contribution in [0.4, 0.5) is 0 Å². The minimum absolute atomic E-state index is 0.110. The highest BCUT2D eigenvalue weighted by atomic mass is 16.5. The molecular formula is C20H25NO5. The van der Waals surface area contributed by atoms with Gasteiger partial charge in [-0.15, -0.1) is 0 Å². The first-order chi connectivity index (χ1) is 12.4. The lowest BCUT2D eigenvalue weighted by atomic mass is 9.75. The Hall–Kier alpha value is -2.47. The SMILES string of the molecule is CC1=NC(C)=C(C(=O)OCCO)C(c2ccccc2)C1C(=O)OC(C)C. The van der Waals surface area contributed by atoms with Crippen LogP contribution >= 0.6 is 0 Å². The van der Waals surface area contributed by atoms with Gasteiger partial charge in [-0.25, -0.2) is 4.79 Å². The van der Waals surface area contributed by atoms with Crippen molar-refractivity contribution in [2.75, 3.05) is 13.2 Å². The molecule has 0 saturated carbocycles. The largest absolute Gasteiger partial charge is 0.462 e. The average Bonchev–Trinajstić information content (AvgIpc) is 2.59. The quantitative estimate of drug-likeness (QED) is 0.789. The number of esters is 2. The van der Waals surface area contributed by atoms with Crippen LogP contribution in [0.2, 0.25) is 0 Å². The number of carbonyl (C=O) groups is 2. The number of aliphatic hydroxyl groups excluding tert-OH is 1. The summed E-state index contributed by atoms with van der Waals surface area (Å²) in [6.45, 7) is 6.67. The summed E-state index contributed by atoms with van der Waals surface area (Å²) in [4.78, 5) is 29.8. The molecule has 2 atom stereocenters. The van der Waals surface area contributed by atoms with Crippen molar-refractivity contribution in [3.05, 3.63) is 47.2 Å². The van der Waals surface area contributed by atoms with Gasteiger partial charge >= 0.3 is 11.9 Å². The molecule has 26 heavy (non-hydrogen) atoms. The van der Waals surface area contributed by atoms with E-state index in [-0.39, 0.29) is 19.3 Å². The van der Waals surface area contributed by atoms with Crippen LogP contribution in [0.5, 0.6) is 0 Å². The van der Waals surface area contributed by atoms with Gasteiger partial charge in [-0.3, -0.25) is 9.79 Å². The molecule has 1 aliphatic rings. The Morgan fingerprint density at radius 3 is 2.42 bits per heavy atom. The van der Waals surface area contributed by atoms with E-state index < -0.39 is 23.8 Å². The second kappa shape index (κ2) is 8.76. The van der Waals surface area contributed by atoms with Crippen LogP contribution in [0.1, 0.15) is 39.2 Å². The maximum atomic E-state index is 12.8. The number of aliphatic imine (C=N–C) groups is 1. The lowest BCUT2D eigenvalue weighted by Crippen LogP contribution is -2.37. The Morgan fingerprint density at radius 1 is 1.19 bits per heavy atom. The van der Waals surface area contributed by atoms with Gasteiger partial charge in [0.15, 0.2) is 0 Å². The third-order valence-corrected chi connectivity index (χ3v) is 4.14. The number of allylic oxidation sites excluding steroid dienone is 1. The van der Waals surface area contributed by atoms with Crippen molar-refractivity contribution in [1.29, 1.82) is 0 Å². The van der Waals surface area contributed by atoms with Crippen LogP contribution in [-0.2, 0) is 19.1 Å². The maximum Gasteiger partial charge on any atom is 0.336 e. The van der Waals surface area contributed by atoms with Gasteiger partial charge in [-0.2, -0.15) is 0 Å². The second-order valence-electron chi connectivity index (χ2n) is 6.46. The normalized spacial score (nSPS) is 20.0. The van der Waals surface area contributed by atoms with Gasteiger partial charge in [0.25, 0.3) is 0 Å². The molecule has 1 N–H and O–H groups in total. The molecule has 0 saturated heterocycles. The van der Waals surface area contributed by atoms with E-state index in [9.17, 15) is 9.59 Å². The zero-order valence-electron chi connectivity index (χ0n) is 15.6. The fourth-order valence-electron chi connectivity index (χ4n) is 3.15. The van der Waals surface area contributed by atoms with Crippen molar-refractivity contribution in [2.24, 2.45) is 10.9 Å². The number of ether oxygens (including phenoxy) is 2. The summed E-state index contributed by atoms with van der Waals surface area (Å²) in [5, 5.41) is 8.95. The van der Waals surface area contributed by atoms with Crippen molar-refractivity contribution in [3.8, 4) is 0 Å². The van der Waals surface area contributed by atoms with Gasteiger partial charge < -0.3 is 14.6 Å². The fourth-order valence-corrected chi connectivity index (χ4v) is 3.15. The molecular weight excluding hydrogens is 334 g/mol. The van der Waals surface area contributed by atoms with E-state index in [2.05, 4.69) is 4.99 Å². The number of nitrogens with zero attached hydrogens (tertiary/aromatic N) is 1. The Morgan fingerprint density at radius 2 is 1.85 bits per heavy atom. The predicted molar refractivity (Wildman–Crippen MR) is 97.8 cm³/mol. The summed E-state index contributed by atoms with van der Waals surface area (Å²) >= 11 is 0. The molecule has 0 aliphatic carbocycles. The molecule has 2 unspecified atom stereocenters. The molecule has 0 aromatic heterocycles. The van der Waals surface area contributed by atoms with Crippen LogP contribution in [-0.4, -0.2) is 42.1 Å². The standard InChI is InChI=1S/C20H25NO5/c1-12(2)26-20(24)17-14(4)21-13(3)16(19(23)25-11-10-22)18(17)15-8-6-5-7-9-15/h5-9,12,17-18,22H,10-11H2,1-4H3. The van der Waals surface area contributed by atoms with Gasteiger partial charge in [0.05, 0.1) is 18.3 Å². The number of benzene rings is 1. The van der Waals surface area contributed by atoms with E-state index in [0.717, 1.165) is 5.56 Å². The molecule has 0 bridgehead atoms. The molecule has 1 heterocycles. The smallest absolute Gasteiger partial charge is 0.336 e. The minimum atomic E-state index is -0.708. The molecule has 0 spiro atoms. The summed E-state index contributed by atoms with van der Waals surface area (Å²) in [6, 6.07) is 9.31. The Labute approximate surface area is 153 Å². The first kappa shape index (κ1) is 19.8. The predicted octanol–water partition coefficient (Wildman–Crippen LogP) is 2.62. The van der Waals surface area contributed by atoms with Gasteiger partial charge in [-0.05, 0) is 33.3 Å². The first-order valence-electron chi connectivity index (χ1n) is 8.66. The minimum Gasteiger partial charge on any atom is -0.462 e. The van der Waals surface area contributed by atoms with E-state index >= 15 is 0 Å². The van der Waals surface area contributed by atoms with Gasteiger partial charge in [0.1, 0.15) is 12.5 Å². The van der Waals surface area contributed by atoms with Crippen LogP contribution in [0.3, 0.4) is 0 Å². The third kappa shape index (κ3) is 4.38. The molecule has 0 radical (unpaired) electrons. The van der Waals surface area contributed by atoms with Gasteiger partial charge in [-0.1, -0.05) is 30.3 Å². The Bertz CT molecular complexity index is 721. The highest BCUT2D eigenvalue weighted by molar-refractivity contribution is 6.07. The average molecular weight is 359 g/mol. The fraction of sp³-hybridized carbons (Fsp3) is 0.450. The lowest BCUT2D eigenvalue weighted by molar-refractivity contribution is -0.150. The molecule has 6 heteroatoms. The molecule has 6 nitrogen and oxygen atoms in total. The van der Waals surface area contributed by atoms with Crippen molar-refractivity contribution in [2.45, 2.75) is 39.7 Å². The number of hydrogen-bond donors (Lipinski definition) is 1. The zero-order valence-corrected chi connectivity index (χ0v) is 15.6. The van der Waals surface area contributed by atoms with Crippen molar-refractivity contribution in [3.63, 3.8) is 0 Å². The maximum absolute atomic E-state index is 12.8. The van der Waals surface area contributed by atoms with Crippen molar-refractivity contribution < 1.29 is 24.2 Å². The van der Waals surface area contributed by atoms with Crippen molar-refractivity contribution >= 4 is 17.7 Å². The summed E-state index contributed by atoms with van der Waals surface area (Å²) in [6.07, 6.45) is -0.275. The highest BCUT2D eigenvalue weighted by Gasteiger charge is 2.42. The molecule has 2 rings (SSSR count). The van der Waals surface area contributed by atoms with Crippen LogP contribution in [0.15, 0.2) is 46.6 Å². The van der Waals surface area contributed by atoms with Crippen LogP contribution < -0.4 is 0 Å². The van der Waals surface area contributed by atoms with E-state index in [4.69, 9.17) is 14.6 Å². The lowest BCUT2D eigenvalue weighted by Gasteiger charge is -2.32. The number of carbonyl (C=O) groups excluding carboxylic acids is 2. The van der Waals surface area contributed by atoms with E-state index in [1.165, 1.54) is 0 Å². The summed E-state index contributed by atoms with van der Waals surface area (Å²) in [5.41, 5.74) is 2.23. The Balaban J connectivity index is 2.53. The second-order valence-corrected chi connectivity index (χ2v) is 6.46. The summed E-state index contributed by atoms with van der Waals surface area (Å²) < 4.78 is 10.6. The monoisotopic (exact) mass is 359 g/mol. The molecule has 140 valence electrons. The van der Waals surface area contributed by atoms with Gasteiger partial charge in [0.2, 0.25) is 0 Å². The highest BCUT2D eigenvalue weighted by Crippen LogP contribution is 2.40. The first-order valence-corrected chi connectivity index (χ1v) is 8.66. The molecule has 1 aromatic rings. The van der Waals surface area contributed by atoms with E-state index in [1.807, 2.05) is 30.3 Å². The van der Waals surface area contributed by atoms with E-state index in [0.29, 0.717) is 17.0 Å². The summed E-state index contributed by atoms with van der Waals surface area (Å²) in [7, 11) is 0. The molecule has 1 aromatic carbocycles. The van der Waals surface area contributed by atoms with Crippen LogP contribution in [0, 0.1) is 5.92 Å². The molecule has 0 amide bonds. The molecule has 0 fully saturated rings.